The summed E-state index contributed by atoms with van der Waals surface area (Å²) in [6, 6.07) is 5.01. The molecule has 0 unspecified atom stereocenters. The highest BCUT2D eigenvalue weighted by atomic mass is 16.3. The SMILES string of the molecule is CC(C)=CCC/C(C)=C/CC/C(C)=C/CC/C(C)=C/Cc1ccc(O)c(O)c1. The molecule has 1 aromatic rings. The van der Waals surface area contributed by atoms with Gasteiger partial charge in [-0.2, -0.15) is 0 Å². The summed E-state index contributed by atoms with van der Waals surface area (Å²) >= 11 is 0. The van der Waals surface area contributed by atoms with Gasteiger partial charge in [0, 0.05) is 0 Å². The third-order valence-corrected chi connectivity index (χ3v) is 4.88. The lowest BCUT2D eigenvalue weighted by molar-refractivity contribution is 0.403. The molecule has 0 radical (unpaired) electrons. The Morgan fingerprint density at radius 3 is 1.68 bits per heavy atom. The van der Waals surface area contributed by atoms with Crippen molar-refractivity contribution in [1.82, 2.24) is 0 Å². The van der Waals surface area contributed by atoms with Crippen molar-refractivity contribution in [2.45, 2.75) is 79.6 Å². The molecule has 0 aliphatic heterocycles. The maximum atomic E-state index is 9.55. The lowest BCUT2D eigenvalue weighted by Gasteiger charge is -2.04. The van der Waals surface area contributed by atoms with E-state index in [1.54, 1.807) is 6.07 Å². The van der Waals surface area contributed by atoms with Crippen LogP contribution in [0.5, 0.6) is 11.5 Å². The van der Waals surface area contributed by atoms with Crippen LogP contribution in [0.2, 0.25) is 0 Å². The van der Waals surface area contributed by atoms with Gasteiger partial charge in [0.05, 0.1) is 0 Å². The summed E-state index contributed by atoms with van der Waals surface area (Å²) in [4.78, 5) is 0. The highest BCUT2D eigenvalue weighted by Crippen LogP contribution is 2.25. The molecular weight excluding hydrogens is 344 g/mol. The Morgan fingerprint density at radius 1 is 0.679 bits per heavy atom. The van der Waals surface area contributed by atoms with Crippen molar-refractivity contribution in [3.8, 4) is 11.5 Å². The first-order valence-corrected chi connectivity index (χ1v) is 10.4. The van der Waals surface area contributed by atoms with E-state index < -0.39 is 0 Å². The molecule has 1 aromatic carbocycles. The van der Waals surface area contributed by atoms with E-state index in [2.05, 4.69) is 58.9 Å². The lowest BCUT2D eigenvalue weighted by atomic mass is 10.0. The Bertz CT molecular complexity index is 729. The molecule has 0 amide bonds. The largest absolute Gasteiger partial charge is 0.504 e. The summed E-state index contributed by atoms with van der Waals surface area (Å²) in [5, 5.41) is 18.9. The molecular formula is C26H38O2. The highest BCUT2D eigenvalue weighted by Gasteiger charge is 2.00. The minimum Gasteiger partial charge on any atom is -0.504 e. The molecule has 0 aliphatic carbocycles. The van der Waals surface area contributed by atoms with Gasteiger partial charge in [0.1, 0.15) is 0 Å². The molecule has 0 saturated carbocycles. The Balaban J connectivity index is 2.32. The zero-order chi connectivity index (χ0) is 20.9. The summed E-state index contributed by atoms with van der Waals surface area (Å²) in [6.45, 7) is 10.9. The quantitative estimate of drug-likeness (QED) is 0.303. The van der Waals surface area contributed by atoms with E-state index in [0.29, 0.717) is 0 Å². The normalized spacial score (nSPS) is 13.0. The monoisotopic (exact) mass is 382 g/mol. The van der Waals surface area contributed by atoms with Crippen LogP contribution < -0.4 is 0 Å². The van der Waals surface area contributed by atoms with Crippen LogP contribution in [-0.2, 0) is 6.42 Å². The molecule has 0 bridgehead atoms. The lowest BCUT2D eigenvalue weighted by Crippen LogP contribution is -1.85. The van der Waals surface area contributed by atoms with Crippen LogP contribution in [0.1, 0.15) is 78.7 Å². The van der Waals surface area contributed by atoms with Crippen LogP contribution in [0.25, 0.3) is 0 Å². The van der Waals surface area contributed by atoms with Gasteiger partial charge < -0.3 is 10.2 Å². The van der Waals surface area contributed by atoms with Crippen LogP contribution in [-0.4, -0.2) is 10.2 Å². The standard InChI is InChI=1S/C26H38O2/c1-20(2)9-6-10-21(3)11-7-12-22(4)13-8-14-23(5)15-16-24-17-18-25(27)26(28)19-24/h9,11,13,15,17-19,27-28H,6-8,10,12,14,16H2,1-5H3/b21-11+,22-13+,23-15+. The maximum Gasteiger partial charge on any atom is 0.157 e. The number of hydrogen-bond donors (Lipinski definition) is 2. The summed E-state index contributed by atoms with van der Waals surface area (Å²) in [5.41, 5.74) is 6.71. The van der Waals surface area contributed by atoms with Gasteiger partial charge in [0.15, 0.2) is 11.5 Å². The van der Waals surface area contributed by atoms with Gasteiger partial charge >= 0.3 is 0 Å². The number of phenolic OH excluding ortho intramolecular Hbond substituents is 2. The topological polar surface area (TPSA) is 40.5 Å². The summed E-state index contributed by atoms with van der Waals surface area (Å²) in [5.74, 6) is -0.119. The average Bonchev–Trinajstić information content (AvgIpc) is 2.62. The maximum absolute atomic E-state index is 9.55. The average molecular weight is 383 g/mol. The second-order valence-corrected chi connectivity index (χ2v) is 8.08. The van der Waals surface area contributed by atoms with Gasteiger partial charge in [-0.05, 0) is 97.3 Å². The van der Waals surface area contributed by atoms with E-state index in [1.165, 1.54) is 28.4 Å². The fraction of sp³-hybridized carbons (Fsp3) is 0.462. The Morgan fingerprint density at radius 2 is 1.18 bits per heavy atom. The van der Waals surface area contributed by atoms with Crippen molar-refractivity contribution < 1.29 is 10.2 Å². The van der Waals surface area contributed by atoms with E-state index in [0.717, 1.165) is 50.5 Å². The molecule has 2 N–H and O–H groups in total. The van der Waals surface area contributed by atoms with Crippen LogP contribution in [0, 0.1) is 0 Å². The molecule has 0 spiro atoms. The van der Waals surface area contributed by atoms with Crippen LogP contribution in [0.15, 0.2) is 64.8 Å². The van der Waals surface area contributed by atoms with E-state index in [9.17, 15) is 10.2 Å². The number of rotatable bonds is 11. The summed E-state index contributed by atoms with van der Waals surface area (Å²) in [7, 11) is 0. The fourth-order valence-electron chi connectivity index (χ4n) is 2.98. The molecule has 0 aliphatic rings. The minimum atomic E-state index is -0.0667. The number of allylic oxidation sites excluding steroid dienone is 8. The first kappa shape index (κ1) is 23.8. The zero-order valence-electron chi connectivity index (χ0n) is 18.4. The first-order chi connectivity index (χ1) is 13.3. The predicted octanol–water partition coefficient (Wildman–Crippen LogP) is 7.79. The molecule has 0 fully saturated rings. The molecule has 2 heteroatoms. The number of benzene rings is 1. The van der Waals surface area contributed by atoms with Crippen molar-refractivity contribution in [3.63, 3.8) is 0 Å². The number of hydrogen-bond acceptors (Lipinski definition) is 2. The molecule has 154 valence electrons. The van der Waals surface area contributed by atoms with Crippen molar-refractivity contribution in [2.24, 2.45) is 0 Å². The highest BCUT2D eigenvalue weighted by molar-refractivity contribution is 5.41. The van der Waals surface area contributed by atoms with E-state index in [4.69, 9.17) is 0 Å². The van der Waals surface area contributed by atoms with Gasteiger partial charge in [-0.15, -0.1) is 0 Å². The number of aromatic hydroxyl groups is 2. The molecule has 0 atom stereocenters. The molecule has 28 heavy (non-hydrogen) atoms. The first-order valence-electron chi connectivity index (χ1n) is 10.4. The number of phenols is 2. The van der Waals surface area contributed by atoms with Gasteiger partial charge in [-0.3, -0.25) is 0 Å². The van der Waals surface area contributed by atoms with Crippen molar-refractivity contribution >= 4 is 0 Å². The minimum absolute atomic E-state index is 0.0525. The second-order valence-electron chi connectivity index (χ2n) is 8.08. The van der Waals surface area contributed by atoms with Crippen molar-refractivity contribution in [2.75, 3.05) is 0 Å². The van der Waals surface area contributed by atoms with Crippen molar-refractivity contribution in [3.05, 3.63) is 70.4 Å². The summed E-state index contributed by atoms with van der Waals surface area (Å²) in [6.07, 6.45) is 16.7. The molecule has 2 nitrogen and oxygen atoms in total. The van der Waals surface area contributed by atoms with E-state index in [1.807, 2.05) is 6.07 Å². The zero-order valence-corrected chi connectivity index (χ0v) is 18.4. The Kier molecular flexibility index (Phi) is 11.1. The van der Waals surface area contributed by atoms with Crippen molar-refractivity contribution in [1.29, 1.82) is 0 Å². The van der Waals surface area contributed by atoms with Crippen LogP contribution in [0.3, 0.4) is 0 Å². The molecule has 0 aromatic heterocycles. The third-order valence-electron chi connectivity index (χ3n) is 4.88. The van der Waals surface area contributed by atoms with Gasteiger partial charge in [0.2, 0.25) is 0 Å². The smallest absolute Gasteiger partial charge is 0.157 e. The molecule has 0 heterocycles. The molecule has 1 rings (SSSR count). The van der Waals surface area contributed by atoms with E-state index >= 15 is 0 Å². The third kappa shape index (κ3) is 10.8. The Labute approximate surface area is 172 Å². The van der Waals surface area contributed by atoms with Crippen LogP contribution >= 0.6 is 0 Å². The fourth-order valence-corrected chi connectivity index (χ4v) is 2.98. The molecule has 0 saturated heterocycles. The summed E-state index contributed by atoms with van der Waals surface area (Å²) < 4.78 is 0. The predicted molar refractivity (Wildman–Crippen MR) is 122 cm³/mol. The van der Waals surface area contributed by atoms with E-state index in [-0.39, 0.29) is 11.5 Å². The van der Waals surface area contributed by atoms with Crippen LogP contribution in [0.4, 0.5) is 0 Å². The van der Waals surface area contributed by atoms with Gasteiger partial charge in [-0.1, -0.05) is 52.7 Å². The Hall–Kier alpha value is -2.22. The van der Waals surface area contributed by atoms with Gasteiger partial charge in [0.25, 0.3) is 0 Å². The second kappa shape index (κ2) is 13.0. The van der Waals surface area contributed by atoms with Gasteiger partial charge in [-0.25, -0.2) is 0 Å².